The molecule has 0 unspecified atom stereocenters. The van der Waals surface area contributed by atoms with Crippen LogP contribution in [0.1, 0.15) is 227 Å². The number of hydrogen-bond acceptors (Lipinski definition) is 6. The lowest BCUT2D eigenvalue weighted by atomic mass is 9.86. The van der Waals surface area contributed by atoms with E-state index < -0.39 is 5.41 Å². The van der Waals surface area contributed by atoms with E-state index >= 15 is 0 Å². The third kappa shape index (κ3) is 33.0. The minimum absolute atomic E-state index is 0.00262. The molecule has 0 fully saturated rings. The molecule has 306 valence electrons. The number of esters is 2. The van der Waals surface area contributed by atoms with Gasteiger partial charge < -0.3 is 19.5 Å². The first kappa shape index (κ1) is 50.4. The van der Waals surface area contributed by atoms with Gasteiger partial charge in [-0.25, -0.2) is 0 Å². The van der Waals surface area contributed by atoms with Gasteiger partial charge in [0, 0.05) is 19.4 Å². The summed E-state index contributed by atoms with van der Waals surface area (Å²) in [4.78, 5) is 27.7. The highest BCUT2D eigenvalue weighted by Crippen LogP contribution is 2.28. The van der Waals surface area contributed by atoms with Crippen molar-refractivity contribution in [2.24, 2.45) is 5.41 Å². The molecule has 52 heavy (non-hydrogen) atoms. The number of aliphatic hydroxyl groups is 1. The Morgan fingerprint density at radius 2 is 1.08 bits per heavy atom. The maximum absolute atomic E-state index is 13.3. The standard InChI is InChI=1S/C46H87NO5/c1-6-9-12-15-18-26-33-42-51-44(49)36-29-22-19-24-31-38-47(40-41-48)39-32-25-23-30-37-46(4,5)45(50)52-43(34-27-20-16-13-10-7-2)35-28-21-17-14-11-8-3/h43,48H,6-25,27-32,34-42H2,1-5H3. The molecule has 1 N–H and O–H groups in total. The maximum Gasteiger partial charge on any atom is 0.311 e. The fourth-order valence-electron chi connectivity index (χ4n) is 6.82. The first-order valence-corrected chi connectivity index (χ1v) is 22.5. The molecule has 0 aliphatic carbocycles. The van der Waals surface area contributed by atoms with Gasteiger partial charge in [0.1, 0.15) is 6.10 Å². The van der Waals surface area contributed by atoms with E-state index in [9.17, 15) is 14.7 Å². The minimum atomic E-state index is -0.439. The third-order valence-corrected chi connectivity index (χ3v) is 10.5. The molecule has 0 atom stereocenters. The topological polar surface area (TPSA) is 76.1 Å². The minimum Gasteiger partial charge on any atom is -0.462 e. The molecule has 0 aromatic rings. The van der Waals surface area contributed by atoms with Crippen molar-refractivity contribution >= 4 is 11.9 Å². The van der Waals surface area contributed by atoms with Gasteiger partial charge in [-0.05, 0) is 84.7 Å². The normalized spacial score (nSPS) is 11.6. The van der Waals surface area contributed by atoms with E-state index in [2.05, 4.69) is 51.4 Å². The summed E-state index contributed by atoms with van der Waals surface area (Å²) in [6.07, 6.45) is 34.2. The van der Waals surface area contributed by atoms with Crippen molar-refractivity contribution in [3.8, 4) is 11.8 Å². The first-order valence-electron chi connectivity index (χ1n) is 22.5. The Morgan fingerprint density at radius 3 is 1.63 bits per heavy atom. The Labute approximate surface area is 323 Å². The molecular formula is C46H87NO5. The maximum atomic E-state index is 13.3. The average molecular weight is 734 g/mol. The highest BCUT2D eigenvalue weighted by Gasteiger charge is 2.30. The van der Waals surface area contributed by atoms with Crippen LogP contribution in [0, 0.1) is 17.3 Å². The number of rotatable bonds is 38. The second kappa shape index (κ2) is 37.7. The van der Waals surface area contributed by atoms with Crippen molar-refractivity contribution < 1.29 is 24.2 Å². The molecule has 0 saturated heterocycles. The van der Waals surface area contributed by atoms with Crippen molar-refractivity contribution in [1.29, 1.82) is 0 Å². The second-order valence-corrected chi connectivity index (χ2v) is 16.1. The zero-order chi connectivity index (χ0) is 38.4. The summed E-state index contributed by atoms with van der Waals surface area (Å²) in [6, 6.07) is 0. The Balaban J connectivity index is 4.22. The summed E-state index contributed by atoms with van der Waals surface area (Å²) >= 11 is 0. The predicted octanol–water partition coefficient (Wildman–Crippen LogP) is 12.5. The molecule has 0 aliphatic rings. The lowest BCUT2D eigenvalue weighted by Gasteiger charge is -2.27. The van der Waals surface area contributed by atoms with Crippen LogP contribution >= 0.6 is 0 Å². The Kier molecular flexibility index (Phi) is 36.6. The van der Waals surface area contributed by atoms with E-state index in [1.54, 1.807) is 0 Å². The first-order chi connectivity index (χ1) is 25.3. The quantitative estimate of drug-likeness (QED) is 0.0387. The lowest BCUT2D eigenvalue weighted by molar-refractivity contribution is -0.161. The van der Waals surface area contributed by atoms with Gasteiger partial charge in [0.2, 0.25) is 0 Å². The summed E-state index contributed by atoms with van der Waals surface area (Å²) in [5.74, 6) is 5.92. The van der Waals surface area contributed by atoms with Crippen LogP contribution < -0.4 is 0 Å². The number of carbonyl (C=O) groups is 2. The lowest BCUT2D eigenvalue weighted by Crippen LogP contribution is -2.31. The van der Waals surface area contributed by atoms with Crippen LogP contribution in [-0.2, 0) is 19.1 Å². The van der Waals surface area contributed by atoms with Gasteiger partial charge in [-0.3, -0.25) is 9.59 Å². The number of nitrogens with zero attached hydrogens (tertiary/aromatic N) is 1. The van der Waals surface area contributed by atoms with Crippen LogP contribution in [0.2, 0.25) is 0 Å². The van der Waals surface area contributed by atoms with Crippen LogP contribution in [0.3, 0.4) is 0 Å². The fraction of sp³-hybridized carbons (Fsp3) is 0.913. The van der Waals surface area contributed by atoms with E-state index in [-0.39, 0.29) is 31.3 Å². The number of hydrogen-bond donors (Lipinski definition) is 1. The van der Waals surface area contributed by atoms with E-state index in [1.807, 2.05) is 0 Å². The largest absolute Gasteiger partial charge is 0.462 e. The molecule has 0 aliphatic heterocycles. The van der Waals surface area contributed by atoms with E-state index in [1.165, 1.54) is 96.3 Å². The fourth-order valence-corrected chi connectivity index (χ4v) is 6.82. The smallest absolute Gasteiger partial charge is 0.311 e. The van der Waals surface area contributed by atoms with Crippen LogP contribution in [0.5, 0.6) is 0 Å². The van der Waals surface area contributed by atoms with Crippen molar-refractivity contribution in [1.82, 2.24) is 4.90 Å². The van der Waals surface area contributed by atoms with E-state index in [0.717, 1.165) is 110 Å². The van der Waals surface area contributed by atoms with Crippen molar-refractivity contribution in [3.05, 3.63) is 0 Å². The van der Waals surface area contributed by atoms with Crippen LogP contribution in [0.25, 0.3) is 0 Å². The third-order valence-electron chi connectivity index (χ3n) is 10.5. The van der Waals surface area contributed by atoms with Gasteiger partial charge in [0.05, 0.1) is 12.0 Å². The molecule has 6 heteroatoms. The summed E-state index contributed by atoms with van der Waals surface area (Å²) in [6.45, 7) is 14.0. The molecule has 0 radical (unpaired) electrons. The van der Waals surface area contributed by atoms with Gasteiger partial charge in [-0.2, -0.15) is 0 Å². The van der Waals surface area contributed by atoms with E-state index in [0.29, 0.717) is 6.42 Å². The molecule has 6 nitrogen and oxygen atoms in total. The number of ether oxygens (including phenoxy) is 2. The highest BCUT2D eigenvalue weighted by atomic mass is 16.5. The molecule has 0 aromatic carbocycles. The van der Waals surface area contributed by atoms with E-state index in [4.69, 9.17) is 9.47 Å². The molecule has 0 bridgehead atoms. The summed E-state index contributed by atoms with van der Waals surface area (Å²) in [5, 5.41) is 9.59. The van der Waals surface area contributed by atoms with Crippen molar-refractivity contribution in [3.63, 3.8) is 0 Å². The summed E-state index contributed by atoms with van der Waals surface area (Å²) in [7, 11) is 0. The molecule has 0 aromatic heterocycles. The Hall–Kier alpha value is -1.58. The van der Waals surface area contributed by atoms with Crippen molar-refractivity contribution in [2.75, 3.05) is 32.8 Å². The summed E-state index contributed by atoms with van der Waals surface area (Å²) in [5.41, 5.74) is -0.439. The number of unbranched alkanes of at least 4 members (excludes halogenated alkanes) is 21. The zero-order valence-electron chi connectivity index (χ0n) is 35.4. The molecule has 0 saturated carbocycles. The second-order valence-electron chi connectivity index (χ2n) is 16.1. The molecule has 0 heterocycles. The van der Waals surface area contributed by atoms with Gasteiger partial charge in [0.15, 0.2) is 6.61 Å². The van der Waals surface area contributed by atoms with Crippen LogP contribution in [-0.4, -0.2) is 60.9 Å². The van der Waals surface area contributed by atoms with Gasteiger partial charge in [0.25, 0.3) is 0 Å². The molecule has 0 spiro atoms. The van der Waals surface area contributed by atoms with Gasteiger partial charge >= 0.3 is 11.9 Å². The number of aliphatic hydroxyl groups excluding tert-OH is 1. The molecular weight excluding hydrogens is 647 g/mol. The average Bonchev–Trinajstić information content (AvgIpc) is 3.12. The van der Waals surface area contributed by atoms with Crippen LogP contribution in [0.15, 0.2) is 0 Å². The summed E-state index contributed by atoms with van der Waals surface area (Å²) < 4.78 is 11.5. The van der Waals surface area contributed by atoms with Crippen molar-refractivity contribution in [2.45, 2.75) is 233 Å². The van der Waals surface area contributed by atoms with Gasteiger partial charge in [-0.1, -0.05) is 155 Å². The SMILES string of the molecule is CCCCCCC#CCOC(=O)CCCCCCCN(CCO)CCCCCCC(C)(C)C(=O)OC(CCCCCCCC)CCCCCCCC. The Bertz CT molecular complexity index is 847. The molecule has 0 rings (SSSR count). The molecule has 0 amide bonds. The van der Waals surface area contributed by atoms with Gasteiger partial charge in [-0.15, -0.1) is 0 Å². The highest BCUT2D eigenvalue weighted by molar-refractivity contribution is 5.76. The monoisotopic (exact) mass is 734 g/mol. The van der Waals surface area contributed by atoms with Crippen LogP contribution in [0.4, 0.5) is 0 Å². The number of carbonyl (C=O) groups excluding carboxylic acids is 2. The zero-order valence-corrected chi connectivity index (χ0v) is 35.4. The Morgan fingerprint density at radius 1 is 0.596 bits per heavy atom. The predicted molar refractivity (Wildman–Crippen MR) is 221 cm³/mol.